The summed E-state index contributed by atoms with van der Waals surface area (Å²) in [7, 11) is 1.64. The Labute approximate surface area is 136 Å². The van der Waals surface area contributed by atoms with Gasteiger partial charge in [-0.15, -0.1) is 0 Å². The summed E-state index contributed by atoms with van der Waals surface area (Å²) in [6.07, 6.45) is 3.42. The van der Waals surface area contributed by atoms with Gasteiger partial charge in [-0.05, 0) is 30.7 Å². The van der Waals surface area contributed by atoms with Crippen molar-refractivity contribution < 1.29 is 9.53 Å². The molecule has 23 heavy (non-hydrogen) atoms. The number of hydrogen-bond acceptors (Lipinski definition) is 4. The summed E-state index contributed by atoms with van der Waals surface area (Å²) in [6.45, 7) is 4.45. The molecule has 5 nitrogen and oxygen atoms in total. The molecule has 1 aromatic carbocycles. The third-order valence-electron chi connectivity index (χ3n) is 4.17. The number of nitrogens with one attached hydrogen (secondary N) is 1. The molecule has 1 aliphatic heterocycles. The number of methoxy groups -OCH3 is 1. The minimum Gasteiger partial charge on any atom is -0.497 e. The van der Waals surface area contributed by atoms with Gasteiger partial charge in [0.1, 0.15) is 5.75 Å². The predicted molar refractivity (Wildman–Crippen MR) is 89.6 cm³/mol. The third-order valence-corrected chi connectivity index (χ3v) is 4.17. The number of pyridine rings is 1. The van der Waals surface area contributed by atoms with Crippen LogP contribution in [0, 0.1) is 0 Å². The summed E-state index contributed by atoms with van der Waals surface area (Å²) in [6, 6.07) is 9.85. The zero-order chi connectivity index (χ0) is 16.2. The standard InChI is InChI=1S/C18H21N3O2/c1-13-10-19-7-8-21(13)18(22)16-9-15(11-20-12-16)14-3-5-17(23-2)6-4-14/h3-6,9,11-13,19H,7-8,10H2,1-2H3/t13-/m1/s1. The van der Waals surface area contributed by atoms with Gasteiger partial charge in [-0.25, -0.2) is 0 Å². The summed E-state index contributed by atoms with van der Waals surface area (Å²) >= 11 is 0. The molecular weight excluding hydrogens is 290 g/mol. The molecule has 1 amide bonds. The molecule has 1 saturated heterocycles. The van der Waals surface area contributed by atoms with E-state index in [9.17, 15) is 4.79 Å². The molecule has 120 valence electrons. The van der Waals surface area contributed by atoms with E-state index >= 15 is 0 Å². The van der Waals surface area contributed by atoms with Crippen molar-refractivity contribution in [2.24, 2.45) is 0 Å². The average molecular weight is 311 g/mol. The van der Waals surface area contributed by atoms with E-state index in [1.165, 1.54) is 0 Å². The molecule has 0 saturated carbocycles. The summed E-state index contributed by atoms with van der Waals surface area (Å²) in [5.74, 6) is 0.852. The fourth-order valence-electron chi connectivity index (χ4n) is 2.81. The van der Waals surface area contributed by atoms with Gasteiger partial charge >= 0.3 is 0 Å². The van der Waals surface area contributed by atoms with Crippen molar-refractivity contribution in [3.05, 3.63) is 48.3 Å². The lowest BCUT2D eigenvalue weighted by Crippen LogP contribution is -2.52. The Morgan fingerprint density at radius 1 is 1.26 bits per heavy atom. The first-order valence-corrected chi connectivity index (χ1v) is 7.80. The molecule has 2 heterocycles. The molecule has 1 aromatic heterocycles. The fraction of sp³-hybridized carbons (Fsp3) is 0.333. The third kappa shape index (κ3) is 3.35. The molecule has 0 radical (unpaired) electrons. The van der Waals surface area contributed by atoms with Crippen LogP contribution in [0.15, 0.2) is 42.7 Å². The van der Waals surface area contributed by atoms with Crippen LogP contribution in [0.25, 0.3) is 11.1 Å². The Hall–Kier alpha value is -2.40. The van der Waals surface area contributed by atoms with Crippen molar-refractivity contribution in [3.8, 4) is 16.9 Å². The van der Waals surface area contributed by atoms with Gasteiger partial charge < -0.3 is 15.0 Å². The van der Waals surface area contributed by atoms with Crippen molar-refractivity contribution in [2.75, 3.05) is 26.7 Å². The Bertz CT molecular complexity index is 685. The van der Waals surface area contributed by atoms with E-state index in [4.69, 9.17) is 4.74 Å². The molecule has 0 spiro atoms. The van der Waals surface area contributed by atoms with Gasteiger partial charge in [-0.2, -0.15) is 0 Å². The molecule has 1 N–H and O–H groups in total. The van der Waals surface area contributed by atoms with E-state index in [1.54, 1.807) is 19.5 Å². The number of carbonyl (C=O) groups is 1. The fourth-order valence-corrected chi connectivity index (χ4v) is 2.81. The Balaban J connectivity index is 1.85. The van der Waals surface area contributed by atoms with Gasteiger partial charge in [0.2, 0.25) is 0 Å². The van der Waals surface area contributed by atoms with Crippen LogP contribution in [0.1, 0.15) is 17.3 Å². The van der Waals surface area contributed by atoms with Gasteiger partial charge in [0.05, 0.1) is 12.7 Å². The van der Waals surface area contributed by atoms with E-state index in [2.05, 4.69) is 17.2 Å². The van der Waals surface area contributed by atoms with E-state index in [-0.39, 0.29) is 11.9 Å². The van der Waals surface area contributed by atoms with Crippen LogP contribution in [0.2, 0.25) is 0 Å². The second-order valence-electron chi connectivity index (χ2n) is 5.74. The Morgan fingerprint density at radius 3 is 2.74 bits per heavy atom. The zero-order valence-electron chi connectivity index (χ0n) is 13.5. The molecular formula is C18H21N3O2. The summed E-state index contributed by atoms with van der Waals surface area (Å²) < 4.78 is 5.18. The Kier molecular flexibility index (Phi) is 4.57. The average Bonchev–Trinajstić information content (AvgIpc) is 2.62. The van der Waals surface area contributed by atoms with E-state index in [1.807, 2.05) is 35.2 Å². The number of rotatable bonds is 3. The van der Waals surface area contributed by atoms with Crippen molar-refractivity contribution >= 4 is 5.91 Å². The van der Waals surface area contributed by atoms with Crippen LogP contribution in [-0.4, -0.2) is 48.6 Å². The highest BCUT2D eigenvalue weighted by molar-refractivity contribution is 5.95. The smallest absolute Gasteiger partial charge is 0.255 e. The lowest BCUT2D eigenvalue weighted by Gasteiger charge is -2.34. The Morgan fingerprint density at radius 2 is 2.04 bits per heavy atom. The van der Waals surface area contributed by atoms with Gasteiger partial charge in [-0.3, -0.25) is 9.78 Å². The van der Waals surface area contributed by atoms with Gasteiger partial charge in [0.15, 0.2) is 0 Å². The van der Waals surface area contributed by atoms with Crippen molar-refractivity contribution in [2.45, 2.75) is 13.0 Å². The molecule has 0 bridgehead atoms. The molecule has 1 aliphatic rings. The first-order valence-electron chi connectivity index (χ1n) is 7.80. The van der Waals surface area contributed by atoms with Gasteiger partial charge in [0, 0.05) is 43.6 Å². The molecule has 0 aliphatic carbocycles. The van der Waals surface area contributed by atoms with Crippen LogP contribution in [-0.2, 0) is 0 Å². The number of aromatic nitrogens is 1. The molecule has 1 fully saturated rings. The van der Waals surface area contributed by atoms with Crippen molar-refractivity contribution in [1.29, 1.82) is 0 Å². The van der Waals surface area contributed by atoms with Crippen LogP contribution in [0.3, 0.4) is 0 Å². The zero-order valence-corrected chi connectivity index (χ0v) is 13.5. The van der Waals surface area contributed by atoms with Gasteiger partial charge in [-0.1, -0.05) is 12.1 Å². The number of piperazine rings is 1. The highest BCUT2D eigenvalue weighted by atomic mass is 16.5. The monoisotopic (exact) mass is 311 g/mol. The maximum atomic E-state index is 12.7. The second-order valence-corrected chi connectivity index (χ2v) is 5.74. The number of ether oxygens (including phenoxy) is 1. The highest BCUT2D eigenvalue weighted by Gasteiger charge is 2.24. The van der Waals surface area contributed by atoms with Crippen molar-refractivity contribution in [1.82, 2.24) is 15.2 Å². The van der Waals surface area contributed by atoms with Crippen LogP contribution >= 0.6 is 0 Å². The normalized spacial score (nSPS) is 17.8. The van der Waals surface area contributed by atoms with E-state index < -0.39 is 0 Å². The molecule has 1 atom stereocenters. The predicted octanol–water partition coefficient (Wildman–Crippen LogP) is 2.19. The lowest BCUT2D eigenvalue weighted by atomic mass is 10.0. The quantitative estimate of drug-likeness (QED) is 0.944. The largest absolute Gasteiger partial charge is 0.497 e. The van der Waals surface area contributed by atoms with Crippen LogP contribution in [0.5, 0.6) is 5.75 Å². The second kappa shape index (κ2) is 6.79. The van der Waals surface area contributed by atoms with Crippen LogP contribution in [0.4, 0.5) is 0 Å². The molecule has 5 heteroatoms. The van der Waals surface area contributed by atoms with Crippen LogP contribution < -0.4 is 10.1 Å². The lowest BCUT2D eigenvalue weighted by molar-refractivity contribution is 0.0655. The number of carbonyl (C=O) groups excluding carboxylic acids is 1. The van der Waals surface area contributed by atoms with E-state index in [0.29, 0.717) is 5.56 Å². The van der Waals surface area contributed by atoms with Gasteiger partial charge in [0.25, 0.3) is 5.91 Å². The first-order chi connectivity index (χ1) is 11.2. The summed E-state index contributed by atoms with van der Waals surface area (Å²) in [5, 5.41) is 3.30. The topological polar surface area (TPSA) is 54.5 Å². The number of nitrogens with zero attached hydrogens (tertiary/aromatic N) is 2. The first kappa shape index (κ1) is 15.5. The summed E-state index contributed by atoms with van der Waals surface area (Å²) in [4.78, 5) is 18.9. The highest BCUT2D eigenvalue weighted by Crippen LogP contribution is 2.23. The molecule has 3 rings (SSSR count). The summed E-state index contributed by atoms with van der Waals surface area (Å²) in [5.41, 5.74) is 2.58. The molecule has 0 unspecified atom stereocenters. The maximum absolute atomic E-state index is 12.7. The maximum Gasteiger partial charge on any atom is 0.255 e. The number of hydrogen-bond donors (Lipinski definition) is 1. The van der Waals surface area contributed by atoms with Crippen molar-refractivity contribution in [3.63, 3.8) is 0 Å². The molecule has 2 aromatic rings. The number of amides is 1. The number of benzene rings is 1. The SMILES string of the molecule is COc1ccc(-c2cncc(C(=O)N3CCNC[C@H]3C)c2)cc1. The van der Waals surface area contributed by atoms with E-state index in [0.717, 1.165) is 36.5 Å². The minimum absolute atomic E-state index is 0.0434. The minimum atomic E-state index is 0.0434.